The van der Waals surface area contributed by atoms with Crippen molar-refractivity contribution in [2.75, 3.05) is 57.8 Å². The maximum Gasteiger partial charge on any atom is 0.410 e. The van der Waals surface area contributed by atoms with E-state index in [9.17, 15) is 22.8 Å². The number of benzene rings is 2. The molecule has 2 aromatic carbocycles. The fourth-order valence-corrected chi connectivity index (χ4v) is 6.58. The highest BCUT2D eigenvalue weighted by atomic mass is 32.2. The molecule has 1 atom stereocenters. The van der Waals surface area contributed by atoms with Gasteiger partial charge in [-0.05, 0) is 70.0 Å². The van der Waals surface area contributed by atoms with E-state index in [2.05, 4.69) is 19.8 Å². The van der Waals surface area contributed by atoms with E-state index >= 15 is 0 Å². The van der Waals surface area contributed by atoms with Crippen molar-refractivity contribution in [1.82, 2.24) is 19.8 Å². The first-order valence-electron chi connectivity index (χ1n) is 14.9. The van der Waals surface area contributed by atoms with Gasteiger partial charge in [-0.3, -0.25) is 14.5 Å². The zero-order valence-corrected chi connectivity index (χ0v) is 26.6. The summed E-state index contributed by atoms with van der Waals surface area (Å²) < 4.78 is 38.0. The van der Waals surface area contributed by atoms with Gasteiger partial charge in [-0.25, -0.2) is 13.2 Å². The second kappa shape index (κ2) is 14.4. The number of piperidine rings is 1. The number of carbonyl (C=O) groups excluding carboxylic acids is 3. The topological polar surface area (TPSA) is 138 Å². The van der Waals surface area contributed by atoms with E-state index in [4.69, 9.17) is 9.47 Å². The van der Waals surface area contributed by atoms with Gasteiger partial charge in [-0.15, -0.1) is 0 Å². The molecule has 2 saturated heterocycles. The van der Waals surface area contributed by atoms with E-state index in [0.717, 1.165) is 51.8 Å². The van der Waals surface area contributed by atoms with Crippen molar-refractivity contribution < 1.29 is 32.3 Å². The quantitative estimate of drug-likeness (QED) is 0.401. The molecule has 0 spiro atoms. The molecule has 2 N–H and O–H groups in total. The summed E-state index contributed by atoms with van der Waals surface area (Å²) >= 11 is 0. The molecule has 2 heterocycles. The molecular weight excluding hydrogens is 586 g/mol. The highest BCUT2D eigenvalue weighted by Gasteiger charge is 2.31. The number of piperazine rings is 1. The lowest BCUT2D eigenvalue weighted by Gasteiger charge is -2.43. The smallest absolute Gasteiger partial charge is 0.410 e. The number of esters is 1. The van der Waals surface area contributed by atoms with Gasteiger partial charge in [-0.1, -0.05) is 18.2 Å². The van der Waals surface area contributed by atoms with E-state index in [0.29, 0.717) is 24.7 Å². The molecule has 0 aliphatic carbocycles. The highest BCUT2D eigenvalue weighted by Crippen LogP contribution is 2.23. The van der Waals surface area contributed by atoms with Crippen molar-refractivity contribution >= 4 is 33.7 Å². The van der Waals surface area contributed by atoms with E-state index in [1.54, 1.807) is 35.2 Å². The summed E-state index contributed by atoms with van der Waals surface area (Å²) in [6, 6.07) is 14.0. The third-order valence-corrected chi connectivity index (χ3v) is 9.23. The molecule has 0 unspecified atom stereocenters. The van der Waals surface area contributed by atoms with Crippen molar-refractivity contribution in [3.63, 3.8) is 0 Å². The number of hydrogen-bond acceptors (Lipinski definition) is 9. The number of hydrogen-bond donors (Lipinski definition) is 2. The third-order valence-electron chi connectivity index (χ3n) is 7.74. The summed E-state index contributed by atoms with van der Waals surface area (Å²) in [5.41, 5.74) is 0.897. The molecule has 2 amide bonds. The lowest BCUT2D eigenvalue weighted by molar-refractivity contribution is -0.142. The second-order valence-corrected chi connectivity index (χ2v) is 13.7. The fourth-order valence-electron chi connectivity index (χ4n) is 5.38. The number of likely N-dealkylation sites (tertiary alicyclic amines) is 1. The normalized spacial score (nSPS) is 17.5. The molecule has 44 heavy (non-hydrogen) atoms. The van der Waals surface area contributed by atoms with Crippen molar-refractivity contribution in [3.8, 4) is 0 Å². The van der Waals surface area contributed by atoms with Crippen LogP contribution in [0.5, 0.6) is 0 Å². The summed E-state index contributed by atoms with van der Waals surface area (Å²) in [6.45, 7) is 10.3. The van der Waals surface area contributed by atoms with Crippen molar-refractivity contribution in [1.29, 1.82) is 0 Å². The molecule has 2 aromatic rings. The van der Waals surface area contributed by atoms with Crippen LogP contribution in [-0.2, 0) is 24.3 Å². The number of sulfonamides is 1. The molecule has 0 bridgehead atoms. The summed E-state index contributed by atoms with van der Waals surface area (Å²) in [6.07, 6.45) is 1.61. The second-order valence-electron chi connectivity index (χ2n) is 12.0. The number of nitrogens with zero attached hydrogens (tertiary/aromatic N) is 3. The van der Waals surface area contributed by atoms with Gasteiger partial charge in [0.15, 0.2) is 0 Å². The Morgan fingerprint density at radius 2 is 1.52 bits per heavy atom. The lowest BCUT2D eigenvalue weighted by atomic mass is 10.0. The van der Waals surface area contributed by atoms with Crippen LogP contribution in [0.3, 0.4) is 0 Å². The molecule has 0 aromatic heterocycles. The number of ether oxygens (including phenoxy) is 2. The Bertz CT molecular complexity index is 1380. The number of carbonyl (C=O) groups is 3. The first kappa shape index (κ1) is 33.2. The Balaban J connectivity index is 1.25. The van der Waals surface area contributed by atoms with Crippen LogP contribution in [0.4, 0.5) is 10.5 Å². The van der Waals surface area contributed by atoms with Gasteiger partial charge in [0.05, 0.1) is 12.0 Å². The maximum atomic E-state index is 12.8. The van der Waals surface area contributed by atoms with E-state index < -0.39 is 33.5 Å². The Kier molecular flexibility index (Phi) is 10.9. The lowest BCUT2D eigenvalue weighted by Crippen LogP contribution is -2.54. The van der Waals surface area contributed by atoms with E-state index in [1.807, 2.05) is 32.9 Å². The maximum absolute atomic E-state index is 12.8. The van der Waals surface area contributed by atoms with Crippen LogP contribution in [0, 0.1) is 0 Å². The third kappa shape index (κ3) is 8.93. The van der Waals surface area contributed by atoms with Gasteiger partial charge in [0.1, 0.15) is 11.6 Å². The summed E-state index contributed by atoms with van der Waals surface area (Å²) in [7, 11) is -2.85. The summed E-state index contributed by atoms with van der Waals surface area (Å²) in [5.74, 6) is -1.25. The van der Waals surface area contributed by atoms with Gasteiger partial charge in [0, 0.05) is 63.1 Å². The first-order valence-corrected chi connectivity index (χ1v) is 16.3. The van der Waals surface area contributed by atoms with Gasteiger partial charge in [-0.2, -0.15) is 4.72 Å². The molecule has 2 aliphatic heterocycles. The van der Waals surface area contributed by atoms with E-state index in [-0.39, 0.29) is 17.5 Å². The Morgan fingerprint density at radius 1 is 0.909 bits per heavy atom. The summed E-state index contributed by atoms with van der Waals surface area (Å²) in [4.78, 5) is 44.1. The van der Waals surface area contributed by atoms with Crippen LogP contribution in [0.2, 0.25) is 0 Å². The number of nitrogens with one attached hydrogen (secondary N) is 2. The van der Waals surface area contributed by atoms with Crippen LogP contribution in [0.15, 0.2) is 59.5 Å². The van der Waals surface area contributed by atoms with Crippen molar-refractivity contribution in [3.05, 3.63) is 60.2 Å². The first-order chi connectivity index (χ1) is 20.9. The van der Waals surface area contributed by atoms with Crippen molar-refractivity contribution in [2.45, 2.75) is 56.2 Å². The van der Waals surface area contributed by atoms with Gasteiger partial charge >= 0.3 is 12.1 Å². The Hall–Kier alpha value is -3.68. The molecule has 13 heteroatoms. The minimum Gasteiger partial charge on any atom is -0.468 e. The van der Waals surface area contributed by atoms with Gasteiger partial charge < -0.3 is 24.6 Å². The van der Waals surface area contributed by atoms with Crippen molar-refractivity contribution in [2.24, 2.45) is 0 Å². The molecule has 4 rings (SSSR count). The zero-order chi connectivity index (χ0) is 31.9. The largest absolute Gasteiger partial charge is 0.468 e. The number of methoxy groups -OCH3 is 1. The van der Waals surface area contributed by atoms with Crippen LogP contribution >= 0.6 is 0 Å². The van der Waals surface area contributed by atoms with Crippen LogP contribution < -0.4 is 14.9 Å². The minimum atomic E-state index is -4.00. The fraction of sp³-hybridized carbons (Fsp3) is 0.516. The predicted octanol–water partition coefficient (Wildman–Crippen LogP) is 2.46. The molecular formula is C31H43N5O7S. The van der Waals surface area contributed by atoms with E-state index in [1.165, 1.54) is 12.1 Å². The standard InChI is InChI=1S/C31H43N5O7S/c1-31(2,3)43-30(39)36-16-14-25(15-17-36)35-20-18-34(19-21-35)24-12-10-23(11-13-24)28(37)32-22-27(29(38)42-4)33-44(40,41)26-8-6-5-7-9-26/h5-13,25,27,33H,14-22H2,1-4H3,(H,32,37)/t27-/m0/s1. The van der Waals surface area contributed by atoms with Crippen LogP contribution in [0.1, 0.15) is 44.0 Å². The number of anilines is 1. The summed E-state index contributed by atoms with van der Waals surface area (Å²) in [5, 5.41) is 2.63. The highest BCUT2D eigenvalue weighted by molar-refractivity contribution is 7.89. The number of rotatable bonds is 9. The Morgan fingerprint density at radius 3 is 2.09 bits per heavy atom. The van der Waals surface area contributed by atoms with Crippen LogP contribution in [0.25, 0.3) is 0 Å². The molecule has 2 fully saturated rings. The molecule has 0 radical (unpaired) electrons. The predicted molar refractivity (Wildman–Crippen MR) is 166 cm³/mol. The monoisotopic (exact) mass is 629 g/mol. The van der Waals surface area contributed by atoms with Gasteiger partial charge in [0.25, 0.3) is 5.91 Å². The molecule has 240 valence electrons. The van der Waals surface area contributed by atoms with Crippen LogP contribution in [-0.4, -0.2) is 107 Å². The number of amides is 2. The zero-order valence-electron chi connectivity index (χ0n) is 25.8. The van der Waals surface area contributed by atoms with Gasteiger partial charge in [0.2, 0.25) is 10.0 Å². The average Bonchev–Trinajstić information content (AvgIpc) is 3.02. The molecule has 12 nitrogen and oxygen atoms in total. The molecule has 2 aliphatic rings. The average molecular weight is 630 g/mol. The Labute approximate surface area is 259 Å². The SMILES string of the molecule is COC(=O)[C@H](CNC(=O)c1ccc(N2CCN(C3CCN(C(=O)OC(C)(C)C)CC3)CC2)cc1)NS(=O)(=O)c1ccccc1. The minimum absolute atomic E-state index is 0.000217. The molecule has 0 saturated carbocycles.